The van der Waals surface area contributed by atoms with Crippen LogP contribution in [-0.2, 0) is 16.0 Å². The van der Waals surface area contributed by atoms with Crippen molar-refractivity contribution in [2.24, 2.45) is 0 Å². The van der Waals surface area contributed by atoms with Crippen LogP contribution < -0.4 is 20.4 Å². The second-order valence-corrected chi connectivity index (χ2v) is 8.27. The summed E-state index contributed by atoms with van der Waals surface area (Å²) in [7, 11) is 0. The van der Waals surface area contributed by atoms with E-state index in [1.807, 2.05) is 12.1 Å². The molecular formula is C20H26N6O4S. The van der Waals surface area contributed by atoms with E-state index in [9.17, 15) is 9.59 Å². The first kappa shape index (κ1) is 21.3. The molecule has 2 aliphatic rings. The Hall–Kier alpha value is -2.92. The second-order valence-electron chi connectivity index (χ2n) is 7.51. The van der Waals surface area contributed by atoms with Crippen molar-refractivity contribution in [1.29, 1.82) is 0 Å². The molecule has 0 unspecified atom stereocenters. The van der Waals surface area contributed by atoms with E-state index in [-0.39, 0.29) is 17.4 Å². The first-order chi connectivity index (χ1) is 15.1. The van der Waals surface area contributed by atoms with Gasteiger partial charge in [-0.2, -0.15) is 4.37 Å². The van der Waals surface area contributed by atoms with E-state index in [0.29, 0.717) is 13.2 Å². The molecule has 11 heteroatoms. The quantitative estimate of drug-likeness (QED) is 0.619. The molecule has 0 radical (unpaired) electrons. The smallest absolute Gasteiger partial charge is 0.325 e. The molecule has 0 bridgehead atoms. The molecule has 3 N–H and O–H groups in total. The lowest BCUT2D eigenvalue weighted by atomic mass is 10.1. The topological polar surface area (TPSA) is 120 Å². The number of hydrogen-bond donors (Lipinski definition) is 3. The average molecular weight is 447 g/mol. The zero-order valence-electron chi connectivity index (χ0n) is 17.2. The van der Waals surface area contributed by atoms with Gasteiger partial charge in [-0.1, -0.05) is 0 Å². The minimum absolute atomic E-state index is 0.177. The normalized spacial score (nSPS) is 16.8. The lowest BCUT2D eigenvalue weighted by Crippen LogP contribution is -2.36. The van der Waals surface area contributed by atoms with Crippen molar-refractivity contribution >= 4 is 45.7 Å². The van der Waals surface area contributed by atoms with Crippen LogP contribution in [0.3, 0.4) is 0 Å². The maximum Gasteiger partial charge on any atom is 0.325 e. The zero-order valence-corrected chi connectivity index (χ0v) is 18.0. The van der Waals surface area contributed by atoms with Crippen LogP contribution in [0, 0.1) is 0 Å². The standard InChI is InChI=1S/C20H26N6O4S/c27-18(28)13-17-22-20(31-24-17)23-19(29)21-15-5-4-14(25-8-10-30-11-9-25)12-16(15)26-6-2-1-3-7-26/h4-5,12H,1-3,6-11,13H2,(H,27,28)(H2,21,22,23,24,29). The molecule has 2 aliphatic heterocycles. The van der Waals surface area contributed by atoms with Crippen molar-refractivity contribution < 1.29 is 19.4 Å². The number of carbonyl (C=O) groups excluding carboxylic acids is 1. The second kappa shape index (κ2) is 9.92. The molecule has 2 aromatic rings. The Labute approximate surface area is 184 Å². The highest BCUT2D eigenvalue weighted by Gasteiger charge is 2.20. The largest absolute Gasteiger partial charge is 0.481 e. The van der Waals surface area contributed by atoms with Crippen LogP contribution in [0.4, 0.5) is 27.0 Å². The Morgan fingerprint density at radius 1 is 1.06 bits per heavy atom. The molecule has 2 amide bonds. The van der Waals surface area contributed by atoms with Crippen molar-refractivity contribution in [2.75, 3.05) is 59.8 Å². The summed E-state index contributed by atoms with van der Waals surface area (Å²) in [6, 6.07) is 5.66. The number of piperidine rings is 1. The van der Waals surface area contributed by atoms with Gasteiger partial charge in [0.1, 0.15) is 6.42 Å². The predicted molar refractivity (Wildman–Crippen MR) is 119 cm³/mol. The number of carboxylic acid groups (broad SMARTS) is 1. The van der Waals surface area contributed by atoms with Crippen molar-refractivity contribution in [3.8, 4) is 0 Å². The molecule has 1 aromatic carbocycles. The average Bonchev–Trinajstić information content (AvgIpc) is 3.21. The Balaban J connectivity index is 1.49. The molecule has 166 valence electrons. The van der Waals surface area contributed by atoms with Gasteiger partial charge in [0.05, 0.1) is 24.6 Å². The van der Waals surface area contributed by atoms with E-state index in [2.05, 4.69) is 35.9 Å². The monoisotopic (exact) mass is 446 g/mol. The Bertz CT molecular complexity index is 924. The van der Waals surface area contributed by atoms with Gasteiger partial charge < -0.3 is 25.0 Å². The lowest BCUT2D eigenvalue weighted by Gasteiger charge is -2.33. The fraction of sp³-hybridized carbons (Fsp3) is 0.500. The summed E-state index contributed by atoms with van der Waals surface area (Å²) in [5.74, 6) is -0.836. The molecule has 1 aromatic heterocycles. The first-order valence-electron chi connectivity index (χ1n) is 10.4. The van der Waals surface area contributed by atoms with Gasteiger partial charge in [-0.25, -0.2) is 9.78 Å². The number of benzene rings is 1. The summed E-state index contributed by atoms with van der Waals surface area (Å²) in [5.41, 5.74) is 2.85. The number of rotatable bonds is 6. The highest BCUT2D eigenvalue weighted by atomic mass is 32.1. The summed E-state index contributed by atoms with van der Waals surface area (Å²) in [4.78, 5) is 32.0. The fourth-order valence-corrected chi connectivity index (χ4v) is 4.38. The van der Waals surface area contributed by atoms with Gasteiger partial charge in [-0.05, 0) is 37.5 Å². The van der Waals surface area contributed by atoms with Crippen LogP contribution in [0.2, 0.25) is 0 Å². The van der Waals surface area contributed by atoms with Crippen molar-refractivity contribution in [3.63, 3.8) is 0 Å². The number of carboxylic acids is 1. The summed E-state index contributed by atoms with van der Waals surface area (Å²) in [6.45, 7) is 5.04. The summed E-state index contributed by atoms with van der Waals surface area (Å²) < 4.78 is 9.42. The number of aromatic nitrogens is 2. The molecule has 0 atom stereocenters. The highest BCUT2D eigenvalue weighted by molar-refractivity contribution is 7.09. The van der Waals surface area contributed by atoms with E-state index in [1.165, 1.54) is 6.42 Å². The molecule has 2 fully saturated rings. The van der Waals surface area contributed by atoms with Crippen LogP contribution in [0.15, 0.2) is 18.2 Å². The Morgan fingerprint density at radius 2 is 1.84 bits per heavy atom. The SMILES string of the molecule is O=C(O)Cc1nsc(NC(=O)Nc2ccc(N3CCOCC3)cc2N2CCCCC2)n1. The van der Waals surface area contributed by atoms with Crippen LogP contribution in [0.1, 0.15) is 25.1 Å². The van der Waals surface area contributed by atoms with Gasteiger partial charge in [0.25, 0.3) is 0 Å². The Kier molecular flexibility index (Phi) is 6.82. The lowest BCUT2D eigenvalue weighted by molar-refractivity contribution is -0.136. The van der Waals surface area contributed by atoms with Gasteiger partial charge >= 0.3 is 12.0 Å². The number of aliphatic carboxylic acids is 1. The first-order valence-corrected chi connectivity index (χ1v) is 11.2. The maximum atomic E-state index is 12.6. The van der Waals surface area contributed by atoms with E-state index >= 15 is 0 Å². The number of morpholine rings is 1. The third-order valence-corrected chi connectivity index (χ3v) is 5.97. The maximum absolute atomic E-state index is 12.6. The van der Waals surface area contributed by atoms with Crippen molar-refractivity contribution in [1.82, 2.24) is 9.36 Å². The van der Waals surface area contributed by atoms with Crippen LogP contribution in [-0.4, -0.2) is 65.9 Å². The molecular weight excluding hydrogens is 420 g/mol. The van der Waals surface area contributed by atoms with Gasteiger partial charge in [0.15, 0.2) is 5.82 Å². The van der Waals surface area contributed by atoms with Crippen LogP contribution in [0.25, 0.3) is 0 Å². The van der Waals surface area contributed by atoms with E-state index in [4.69, 9.17) is 9.84 Å². The predicted octanol–water partition coefficient (Wildman–Crippen LogP) is 2.64. The molecule has 4 rings (SSSR count). The number of hydrogen-bond acceptors (Lipinski definition) is 8. The van der Waals surface area contributed by atoms with Crippen molar-refractivity contribution in [3.05, 3.63) is 24.0 Å². The van der Waals surface area contributed by atoms with Gasteiger partial charge in [0, 0.05) is 43.4 Å². The number of nitrogens with one attached hydrogen (secondary N) is 2. The van der Waals surface area contributed by atoms with Gasteiger partial charge in [-0.3, -0.25) is 10.1 Å². The van der Waals surface area contributed by atoms with Crippen LogP contribution in [0.5, 0.6) is 0 Å². The minimum atomic E-state index is -1.01. The van der Waals surface area contributed by atoms with E-state index in [0.717, 1.165) is 67.6 Å². The summed E-state index contributed by atoms with van der Waals surface area (Å²) in [6.07, 6.45) is 3.20. The molecule has 2 saturated heterocycles. The Morgan fingerprint density at radius 3 is 2.58 bits per heavy atom. The number of ether oxygens (including phenoxy) is 1. The fourth-order valence-electron chi connectivity index (χ4n) is 3.80. The van der Waals surface area contributed by atoms with E-state index < -0.39 is 12.0 Å². The van der Waals surface area contributed by atoms with E-state index in [1.54, 1.807) is 0 Å². The zero-order chi connectivity index (χ0) is 21.6. The molecule has 0 spiro atoms. The summed E-state index contributed by atoms with van der Waals surface area (Å²) in [5, 5.41) is 14.7. The molecule has 3 heterocycles. The molecule has 10 nitrogen and oxygen atoms in total. The minimum Gasteiger partial charge on any atom is -0.481 e. The van der Waals surface area contributed by atoms with Crippen molar-refractivity contribution in [2.45, 2.75) is 25.7 Å². The number of amides is 2. The van der Waals surface area contributed by atoms with Gasteiger partial charge in [0.2, 0.25) is 5.13 Å². The number of nitrogens with zero attached hydrogens (tertiary/aromatic N) is 4. The third-order valence-electron chi connectivity index (χ3n) is 5.30. The number of urea groups is 1. The number of carbonyl (C=O) groups is 2. The number of anilines is 4. The molecule has 0 saturated carbocycles. The summed E-state index contributed by atoms with van der Waals surface area (Å²) >= 11 is 0.959. The van der Waals surface area contributed by atoms with Crippen LogP contribution >= 0.6 is 11.5 Å². The van der Waals surface area contributed by atoms with Gasteiger partial charge in [-0.15, -0.1) is 0 Å². The molecule has 0 aliphatic carbocycles. The third kappa shape index (κ3) is 5.61. The molecule has 31 heavy (non-hydrogen) atoms. The highest BCUT2D eigenvalue weighted by Crippen LogP contribution is 2.33.